The van der Waals surface area contributed by atoms with Crippen LogP contribution >= 0.6 is 0 Å². The van der Waals surface area contributed by atoms with E-state index in [0.29, 0.717) is 17.9 Å². The maximum Gasteiger partial charge on any atom is 0.223 e. The zero-order valence-corrected chi connectivity index (χ0v) is 12.7. The third-order valence-electron chi connectivity index (χ3n) is 5.78. The van der Waals surface area contributed by atoms with Gasteiger partial charge in [0, 0.05) is 12.0 Å². The average Bonchev–Trinajstić information content (AvgIpc) is 2.85. The number of carbonyl (C=O) groups excluding carboxylic acids is 1. The van der Waals surface area contributed by atoms with Crippen LogP contribution in [0.1, 0.15) is 64.2 Å². The van der Waals surface area contributed by atoms with Crippen molar-refractivity contribution in [2.45, 2.75) is 70.3 Å². The van der Waals surface area contributed by atoms with Gasteiger partial charge in [0.05, 0.1) is 0 Å². The molecule has 20 heavy (non-hydrogen) atoms. The fraction of sp³-hybridized carbons (Fsp3) is 0.941. The van der Waals surface area contributed by atoms with Gasteiger partial charge in [0.15, 0.2) is 0 Å². The molecule has 3 rings (SSSR count). The molecular weight excluding hydrogens is 248 g/mol. The molecule has 0 aromatic carbocycles. The zero-order valence-electron chi connectivity index (χ0n) is 12.7. The number of fused-ring (bicyclic) bond motifs is 1. The minimum Gasteiger partial charge on any atom is -0.353 e. The van der Waals surface area contributed by atoms with Gasteiger partial charge in [-0.25, -0.2) is 0 Å². The standard InChI is InChI=1S/C17H30N2O/c20-17(13-6-4-2-1-3-5-7-13)19-16-9-8-14-11-18-12-15(14)10-16/h13-16,18H,1-12H2,(H,19,20)/t14-,15+,16?/m0/s1. The van der Waals surface area contributed by atoms with Crippen molar-refractivity contribution in [2.24, 2.45) is 17.8 Å². The first kappa shape index (κ1) is 14.4. The molecule has 1 saturated heterocycles. The quantitative estimate of drug-likeness (QED) is 0.815. The Morgan fingerprint density at radius 3 is 2.35 bits per heavy atom. The molecule has 0 aromatic rings. The molecule has 2 N–H and O–H groups in total. The molecule has 3 fully saturated rings. The summed E-state index contributed by atoms with van der Waals surface area (Å²) in [6.07, 6.45) is 12.4. The maximum absolute atomic E-state index is 12.5. The minimum atomic E-state index is 0.301. The van der Waals surface area contributed by atoms with Gasteiger partial charge in [-0.05, 0) is 57.0 Å². The molecule has 1 aliphatic heterocycles. The van der Waals surface area contributed by atoms with Crippen molar-refractivity contribution in [1.82, 2.24) is 10.6 Å². The Morgan fingerprint density at radius 2 is 1.55 bits per heavy atom. The first-order chi connectivity index (χ1) is 9.83. The van der Waals surface area contributed by atoms with Crippen molar-refractivity contribution < 1.29 is 4.79 Å². The van der Waals surface area contributed by atoms with E-state index in [1.54, 1.807) is 0 Å². The van der Waals surface area contributed by atoms with E-state index in [2.05, 4.69) is 10.6 Å². The van der Waals surface area contributed by atoms with Crippen LogP contribution in [0.25, 0.3) is 0 Å². The first-order valence-electron chi connectivity index (χ1n) is 8.84. The molecule has 1 unspecified atom stereocenters. The monoisotopic (exact) mass is 278 g/mol. The van der Waals surface area contributed by atoms with Gasteiger partial charge in [-0.15, -0.1) is 0 Å². The predicted octanol–water partition coefficient (Wildman–Crippen LogP) is 2.85. The summed E-state index contributed by atoms with van der Waals surface area (Å²) in [7, 11) is 0. The molecule has 1 amide bonds. The smallest absolute Gasteiger partial charge is 0.223 e. The van der Waals surface area contributed by atoms with Crippen molar-refractivity contribution in [3.8, 4) is 0 Å². The minimum absolute atomic E-state index is 0.301. The van der Waals surface area contributed by atoms with E-state index in [-0.39, 0.29) is 0 Å². The van der Waals surface area contributed by atoms with Gasteiger partial charge in [0.2, 0.25) is 5.91 Å². The van der Waals surface area contributed by atoms with Crippen LogP contribution in [0, 0.1) is 17.8 Å². The summed E-state index contributed by atoms with van der Waals surface area (Å²) in [5.74, 6) is 2.35. The van der Waals surface area contributed by atoms with Crippen molar-refractivity contribution in [1.29, 1.82) is 0 Å². The Kier molecular flexibility index (Phi) is 4.98. The zero-order chi connectivity index (χ0) is 13.8. The second-order valence-corrected chi connectivity index (χ2v) is 7.24. The van der Waals surface area contributed by atoms with E-state index < -0.39 is 0 Å². The molecule has 3 nitrogen and oxygen atoms in total. The van der Waals surface area contributed by atoms with Crippen LogP contribution in [0.2, 0.25) is 0 Å². The van der Waals surface area contributed by atoms with Crippen LogP contribution in [0.4, 0.5) is 0 Å². The van der Waals surface area contributed by atoms with E-state index in [0.717, 1.165) is 24.7 Å². The lowest BCUT2D eigenvalue weighted by atomic mass is 9.79. The van der Waals surface area contributed by atoms with E-state index in [4.69, 9.17) is 0 Å². The lowest BCUT2D eigenvalue weighted by molar-refractivity contribution is -0.126. The SMILES string of the molecule is O=C(NC1CC[C@H]2CNC[C@H]2C1)C1CCCCCCC1. The van der Waals surface area contributed by atoms with Gasteiger partial charge in [-0.2, -0.15) is 0 Å². The Balaban J connectivity index is 1.47. The molecular formula is C17H30N2O. The lowest BCUT2D eigenvalue weighted by Gasteiger charge is -2.32. The molecule has 0 spiro atoms. The Labute approximate surface area is 123 Å². The van der Waals surface area contributed by atoms with Crippen molar-refractivity contribution in [3.05, 3.63) is 0 Å². The normalized spacial score (nSPS) is 35.9. The molecule has 2 aliphatic carbocycles. The third kappa shape index (κ3) is 3.55. The largest absolute Gasteiger partial charge is 0.353 e. The van der Waals surface area contributed by atoms with Gasteiger partial charge >= 0.3 is 0 Å². The lowest BCUT2D eigenvalue weighted by Crippen LogP contribution is -2.43. The van der Waals surface area contributed by atoms with E-state index in [9.17, 15) is 4.79 Å². The number of amides is 1. The van der Waals surface area contributed by atoms with Crippen molar-refractivity contribution in [2.75, 3.05) is 13.1 Å². The Hall–Kier alpha value is -0.570. The summed E-state index contributed by atoms with van der Waals surface area (Å²) in [4.78, 5) is 12.5. The number of nitrogens with one attached hydrogen (secondary N) is 2. The molecule has 3 aliphatic rings. The summed E-state index contributed by atoms with van der Waals surface area (Å²) in [5.41, 5.74) is 0. The summed E-state index contributed by atoms with van der Waals surface area (Å²) in [5, 5.41) is 6.89. The number of hydrogen-bond acceptors (Lipinski definition) is 2. The highest BCUT2D eigenvalue weighted by Gasteiger charge is 2.34. The molecule has 3 heteroatoms. The number of hydrogen-bond donors (Lipinski definition) is 2. The molecule has 0 radical (unpaired) electrons. The van der Waals surface area contributed by atoms with Gasteiger partial charge in [0.1, 0.15) is 0 Å². The van der Waals surface area contributed by atoms with E-state index in [1.165, 1.54) is 64.5 Å². The highest BCUT2D eigenvalue weighted by atomic mass is 16.1. The van der Waals surface area contributed by atoms with Crippen LogP contribution in [0.3, 0.4) is 0 Å². The summed E-state index contributed by atoms with van der Waals surface area (Å²) in [6.45, 7) is 2.37. The summed E-state index contributed by atoms with van der Waals surface area (Å²) in [6, 6.07) is 0.453. The predicted molar refractivity (Wildman–Crippen MR) is 81.4 cm³/mol. The van der Waals surface area contributed by atoms with Crippen LogP contribution in [-0.4, -0.2) is 25.0 Å². The molecule has 3 atom stereocenters. The van der Waals surface area contributed by atoms with Crippen molar-refractivity contribution >= 4 is 5.91 Å². The highest BCUT2D eigenvalue weighted by molar-refractivity contribution is 5.78. The Morgan fingerprint density at radius 1 is 0.850 bits per heavy atom. The second-order valence-electron chi connectivity index (χ2n) is 7.24. The van der Waals surface area contributed by atoms with Crippen molar-refractivity contribution in [3.63, 3.8) is 0 Å². The van der Waals surface area contributed by atoms with Crippen LogP contribution < -0.4 is 10.6 Å². The molecule has 0 bridgehead atoms. The maximum atomic E-state index is 12.5. The van der Waals surface area contributed by atoms with E-state index in [1.807, 2.05) is 0 Å². The summed E-state index contributed by atoms with van der Waals surface area (Å²) >= 11 is 0. The van der Waals surface area contributed by atoms with Crippen LogP contribution in [-0.2, 0) is 4.79 Å². The number of rotatable bonds is 2. The molecule has 0 aromatic heterocycles. The fourth-order valence-corrected chi connectivity index (χ4v) is 4.47. The molecule has 2 saturated carbocycles. The average molecular weight is 278 g/mol. The second kappa shape index (κ2) is 6.93. The topological polar surface area (TPSA) is 41.1 Å². The van der Waals surface area contributed by atoms with Gasteiger partial charge < -0.3 is 10.6 Å². The molecule has 114 valence electrons. The fourth-order valence-electron chi connectivity index (χ4n) is 4.47. The third-order valence-corrected chi connectivity index (χ3v) is 5.78. The van der Waals surface area contributed by atoms with Gasteiger partial charge in [0.25, 0.3) is 0 Å². The van der Waals surface area contributed by atoms with Crippen LogP contribution in [0.5, 0.6) is 0 Å². The molecule has 1 heterocycles. The van der Waals surface area contributed by atoms with E-state index >= 15 is 0 Å². The highest BCUT2D eigenvalue weighted by Crippen LogP contribution is 2.33. The van der Waals surface area contributed by atoms with Crippen LogP contribution in [0.15, 0.2) is 0 Å². The van der Waals surface area contributed by atoms with Gasteiger partial charge in [-0.3, -0.25) is 4.79 Å². The number of carbonyl (C=O) groups is 1. The Bertz CT molecular complexity index is 323. The first-order valence-corrected chi connectivity index (χ1v) is 8.84. The van der Waals surface area contributed by atoms with Gasteiger partial charge in [-0.1, -0.05) is 32.1 Å². The summed E-state index contributed by atoms with van der Waals surface area (Å²) < 4.78 is 0.